The van der Waals surface area contributed by atoms with Crippen LogP contribution in [-0.4, -0.2) is 29.0 Å². The minimum atomic E-state index is -0.481. The third kappa shape index (κ3) is 2.70. The van der Waals surface area contributed by atoms with E-state index in [9.17, 15) is 9.59 Å². The predicted molar refractivity (Wildman–Crippen MR) is 77.9 cm³/mol. The van der Waals surface area contributed by atoms with Crippen molar-refractivity contribution in [2.75, 3.05) is 5.88 Å². The lowest BCUT2D eigenvalue weighted by Gasteiger charge is -2.60. The summed E-state index contributed by atoms with van der Waals surface area (Å²) in [7, 11) is 0. The standard InChI is InChI=1S/C16H21ClO4/c1-10(2)14(19)21-16-6-11-3-12(7-16)5-15(4-11,9-16)20-13(18)8-17/h11-12H,1,3-9H2,2H3. The predicted octanol–water partition coefficient (Wildman–Crippen LogP) is 2.98. The van der Waals surface area contributed by atoms with E-state index in [1.165, 1.54) is 0 Å². The molecule has 0 aliphatic heterocycles. The lowest BCUT2D eigenvalue weighted by Crippen LogP contribution is -2.61. The average Bonchev–Trinajstić information content (AvgIpc) is 2.35. The maximum atomic E-state index is 12.0. The summed E-state index contributed by atoms with van der Waals surface area (Å²) in [6.45, 7) is 5.31. The van der Waals surface area contributed by atoms with Crippen molar-refractivity contribution >= 4 is 23.5 Å². The lowest BCUT2D eigenvalue weighted by atomic mass is 9.52. The van der Waals surface area contributed by atoms with E-state index in [0.717, 1.165) is 32.1 Å². The van der Waals surface area contributed by atoms with Gasteiger partial charge >= 0.3 is 11.9 Å². The number of halogens is 1. The van der Waals surface area contributed by atoms with E-state index in [4.69, 9.17) is 21.1 Å². The van der Waals surface area contributed by atoms with Gasteiger partial charge < -0.3 is 9.47 Å². The number of hydrogen-bond acceptors (Lipinski definition) is 4. The molecule has 4 nitrogen and oxygen atoms in total. The normalized spacial score (nSPS) is 39.9. The molecule has 4 fully saturated rings. The van der Waals surface area contributed by atoms with Crippen LogP contribution in [0.25, 0.3) is 0 Å². The number of ether oxygens (including phenoxy) is 2. The molecule has 5 heteroatoms. The first-order chi connectivity index (χ1) is 9.85. The average molecular weight is 313 g/mol. The highest BCUT2D eigenvalue weighted by molar-refractivity contribution is 6.26. The van der Waals surface area contributed by atoms with Gasteiger partial charge in [-0.3, -0.25) is 4.79 Å². The van der Waals surface area contributed by atoms with E-state index in [2.05, 4.69) is 6.58 Å². The molecule has 0 aromatic carbocycles. The fourth-order valence-electron chi connectivity index (χ4n) is 4.89. The largest absolute Gasteiger partial charge is 0.458 e. The minimum absolute atomic E-state index is 0.129. The van der Waals surface area contributed by atoms with Crippen LogP contribution in [0.4, 0.5) is 0 Å². The highest BCUT2D eigenvalue weighted by Crippen LogP contribution is 2.60. The SMILES string of the molecule is C=C(C)C(=O)OC12CC3CC(CC(OC(=O)CCl)(C3)C1)C2. The zero-order valence-corrected chi connectivity index (χ0v) is 13.1. The first kappa shape index (κ1) is 14.9. The monoisotopic (exact) mass is 312 g/mol. The Balaban J connectivity index is 1.82. The van der Waals surface area contributed by atoms with E-state index in [1.54, 1.807) is 6.92 Å². The van der Waals surface area contributed by atoms with Crippen molar-refractivity contribution in [3.05, 3.63) is 12.2 Å². The number of esters is 2. The van der Waals surface area contributed by atoms with Gasteiger partial charge in [-0.15, -0.1) is 11.6 Å². The third-order valence-electron chi connectivity index (χ3n) is 5.05. The maximum absolute atomic E-state index is 12.0. The Labute approximate surface area is 129 Å². The van der Waals surface area contributed by atoms with Gasteiger partial charge in [-0.2, -0.15) is 0 Å². The third-order valence-corrected chi connectivity index (χ3v) is 5.27. The molecule has 4 bridgehead atoms. The summed E-state index contributed by atoms with van der Waals surface area (Å²) in [5.41, 5.74) is -0.546. The van der Waals surface area contributed by atoms with Gasteiger partial charge in [0, 0.05) is 12.0 Å². The quantitative estimate of drug-likeness (QED) is 0.455. The van der Waals surface area contributed by atoms with Crippen LogP contribution in [0.5, 0.6) is 0 Å². The molecule has 2 unspecified atom stereocenters. The molecule has 0 amide bonds. The topological polar surface area (TPSA) is 52.6 Å². The van der Waals surface area contributed by atoms with Gasteiger partial charge in [0.2, 0.25) is 0 Å². The number of alkyl halides is 1. The van der Waals surface area contributed by atoms with Crippen LogP contribution < -0.4 is 0 Å². The summed E-state index contributed by atoms with van der Waals surface area (Å²) in [4.78, 5) is 23.6. The molecule has 0 spiro atoms. The molecule has 0 N–H and O–H groups in total. The zero-order valence-electron chi connectivity index (χ0n) is 12.3. The van der Waals surface area contributed by atoms with Crippen molar-refractivity contribution in [2.45, 2.75) is 56.7 Å². The Bertz CT molecular complexity index is 485. The van der Waals surface area contributed by atoms with Gasteiger partial charge in [-0.25, -0.2) is 4.79 Å². The van der Waals surface area contributed by atoms with Crippen molar-refractivity contribution in [2.24, 2.45) is 11.8 Å². The molecule has 0 saturated heterocycles. The highest BCUT2D eigenvalue weighted by atomic mass is 35.5. The van der Waals surface area contributed by atoms with Gasteiger partial charge in [0.25, 0.3) is 0 Å². The molecule has 4 rings (SSSR count). The molecule has 0 aromatic heterocycles. The molecular weight excluding hydrogens is 292 g/mol. The smallest absolute Gasteiger partial charge is 0.333 e. The molecular formula is C16H21ClO4. The van der Waals surface area contributed by atoms with Crippen molar-refractivity contribution < 1.29 is 19.1 Å². The van der Waals surface area contributed by atoms with Crippen LogP contribution in [0.15, 0.2) is 12.2 Å². The number of hydrogen-bond donors (Lipinski definition) is 0. The van der Waals surface area contributed by atoms with Gasteiger partial charge in [0.15, 0.2) is 0 Å². The van der Waals surface area contributed by atoms with Crippen molar-refractivity contribution in [3.63, 3.8) is 0 Å². The maximum Gasteiger partial charge on any atom is 0.333 e. The summed E-state index contributed by atoms with van der Waals surface area (Å²) in [6, 6.07) is 0. The first-order valence-corrected chi connectivity index (χ1v) is 8.05. The van der Waals surface area contributed by atoms with Crippen LogP contribution in [0, 0.1) is 11.8 Å². The zero-order chi connectivity index (χ0) is 15.3. The van der Waals surface area contributed by atoms with E-state index in [-0.39, 0.29) is 17.8 Å². The Kier molecular flexibility index (Phi) is 3.55. The molecule has 116 valence electrons. The van der Waals surface area contributed by atoms with Crippen molar-refractivity contribution in [1.82, 2.24) is 0 Å². The molecule has 0 heterocycles. The fraction of sp³-hybridized carbons (Fsp3) is 0.750. The van der Waals surface area contributed by atoms with Crippen LogP contribution in [0.1, 0.15) is 45.4 Å². The summed E-state index contributed by atoms with van der Waals surface area (Å²) in [5.74, 6) is 0.0886. The molecule has 0 radical (unpaired) electrons. The second kappa shape index (κ2) is 5.01. The number of carbonyl (C=O) groups is 2. The molecule has 4 saturated carbocycles. The van der Waals surface area contributed by atoms with Gasteiger partial charge in [-0.05, 0) is 50.9 Å². The second-order valence-corrected chi connectivity index (χ2v) is 7.37. The Morgan fingerprint density at radius 1 is 1.14 bits per heavy atom. The highest BCUT2D eigenvalue weighted by Gasteiger charge is 2.61. The Morgan fingerprint density at radius 2 is 1.67 bits per heavy atom. The summed E-state index contributed by atoms with van der Waals surface area (Å²) in [6.07, 6.45) is 5.25. The summed E-state index contributed by atoms with van der Waals surface area (Å²) in [5, 5.41) is 0. The molecule has 2 atom stereocenters. The van der Waals surface area contributed by atoms with E-state index in [1.807, 2.05) is 0 Å². The fourth-order valence-corrected chi connectivity index (χ4v) is 4.94. The van der Waals surface area contributed by atoms with E-state index >= 15 is 0 Å². The number of rotatable bonds is 4. The first-order valence-electron chi connectivity index (χ1n) is 7.52. The molecule has 0 aromatic rings. The molecule has 4 aliphatic carbocycles. The van der Waals surface area contributed by atoms with Crippen LogP contribution in [0.3, 0.4) is 0 Å². The minimum Gasteiger partial charge on any atom is -0.458 e. The number of carbonyl (C=O) groups excluding carboxylic acids is 2. The van der Waals surface area contributed by atoms with Gasteiger partial charge in [0.05, 0.1) is 0 Å². The Morgan fingerprint density at radius 3 is 2.14 bits per heavy atom. The van der Waals surface area contributed by atoms with E-state index in [0.29, 0.717) is 23.8 Å². The van der Waals surface area contributed by atoms with Gasteiger partial charge in [-0.1, -0.05) is 6.58 Å². The Hall–Kier alpha value is -1.03. The van der Waals surface area contributed by atoms with Crippen molar-refractivity contribution in [3.8, 4) is 0 Å². The second-order valence-electron chi connectivity index (χ2n) is 7.10. The van der Waals surface area contributed by atoms with Crippen LogP contribution >= 0.6 is 11.6 Å². The summed E-state index contributed by atoms with van der Waals surface area (Å²) < 4.78 is 11.5. The molecule has 4 aliphatic rings. The van der Waals surface area contributed by atoms with E-state index < -0.39 is 11.2 Å². The van der Waals surface area contributed by atoms with Crippen LogP contribution in [0.2, 0.25) is 0 Å². The lowest BCUT2D eigenvalue weighted by molar-refractivity contribution is -0.228. The van der Waals surface area contributed by atoms with Crippen molar-refractivity contribution in [1.29, 1.82) is 0 Å². The van der Waals surface area contributed by atoms with Crippen LogP contribution in [-0.2, 0) is 19.1 Å². The van der Waals surface area contributed by atoms with Gasteiger partial charge in [0.1, 0.15) is 17.1 Å². The molecule has 21 heavy (non-hydrogen) atoms. The summed E-state index contributed by atoms with van der Waals surface area (Å²) >= 11 is 5.58.